The zero-order valence-electron chi connectivity index (χ0n) is 9.88. The lowest BCUT2D eigenvalue weighted by atomic mass is 10.1. The second kappa shape index (κ2) is 4.41. The molecule has 0 amide bonds. The van der Waals surface area contributed by atoms with E-state index in [1.807, 2.05) is 18.2 Å². The van der Waals surface area contributed by atoms with Crippen LogP contribution in [-0.2, 0) is 4.74 Å². The Kier molecular flexibility index (Phi) is 2.90. The van der Waals surface area contributed by atoms with E-state index in [2.05, 4.69) is 12.1 Å². The van der Waals surface area contributed by atoms with Crippen LogP contribution in [0.4, 0.5) is 0 Å². The second-order valence-corrected chi connectivity index (χ2v) is 4.98. The first-order valence-corrected chi connectivity index (χ1v) is 6.39. The minimum atomic E-state index is -0.298. The van der Waals surface area contributed by atoms with Crippen LogP contribution in [0.15, 0.2) is 30.3 Å². The number of hydrogen-bond donors (Lipinski definition) is 1. The molecule has 1 saturated carbocycles. The lowest BCUT2D eigenvalue weighted by molar-refractivity contribution is -0.265. The van der Waals surface area contributed by atoms with Crippen molar-refractivity contribution < 1.29 is 14.6 Å². The Morgan fingerprint density at radius 1 is 1.24 bits per heavy atom. The minimum absolute atomic E-state index is 0.000648. The standard InChI is InChI=1S/C14H18O3/c15-10-12-13(11-6-2-1-3-7-11)17-14(16-12)8-4-5-9-14/h1-3,6-7,12-13,15H,4-5,8-10H2/p+1/t12-,13-/m1/s1. The Labute approximate surface area is 101 Å². The number of aliphatic hydroxyl groups excluding tert-OH is 1. The van der Waals surface area contributed by atoms with E-state index in [0.29, 0.717) is 0 Å². The highest BCUT2D eigenvalue weighted by atomic mass is 16.8. The van der Waals surface area contributed by atoms with Crippen molar-refractivity contribution in [2.75, 3.05) is 6.61 Å². The van der Waals surface area contributed by atoms with Gasteiger partial charge in [-0.05, 0) is 12.8 Å². The maximum absolute atomic E-state index is 9.46. The molecule has 3 heteroatoms. The lowest BCUT2D eigenvalue weighted by Crippen LogP contribution is -2.29. The van der Waals surface area contributed by atoms with Gasteiger partial charge in [0.1, 0.15) is 0 Å². The fourth-order valence-corrected chi connectivity index (χ4v) is 2.96. The summed E-state index contributed by atoms with van der Waals surface area (Å²) in [5.74, 6) is -0.298. The van der Waals surface area contributed by atoms with Crippen LogP contribution in [0.1, 0.15) is 37.4 Å². The molecule has 92 valence electrons. The van der Waals surface area contributed by atoms with Gasteiger partial charge >= 0.3 is 0 Å². The van der Waals surface area contributed by atoms with Crippen molar-refractivity contribution in [3.8, 4) is 0 Å². The maximum Gasteiger partial charge on any atom is 0.275 e. The van der Waals surface area contributed by atoms with Gasteiger partial charge in [0.2, 0.25) is 6.10 Å². The van der Waals surface area contributed by atoms with E-state index in [9.17, 15) is 5.11 Å². The summed E-state index contributed by atoms with van der Waals surface area (Å²) in [5, 5.41) is 9.46. The topological polar surface area (TPSA) is 42.3 Å². The molecule has 2 aliphatic rings. The van der Waals surface area contributed by atoms with E-state index < -0.39 is 0 Å². The highest BCUT2D eigenvalue weighted by Crippen LogP contribution is 2.44. The van der Waals surface area contributed by atoms with Crippen molar-refractivity contribution >= 4 is 0 Å². The maximum atomic E-state index is 9.46. The van der Waals surface area contributed by atoms with Gasteiger partial charge in [-0.25, -0.2) is 0 Å². The van der Waals surface area contributed by atoms with Gasteiger partial charge in [-0.15, -0.1) is 0 Å². The Morgan fingerprint density at radius 3 is 2.59 bits per heavy atom. The van der Waals surface area contributed by atoms with Gasteiger partial charge in [-0.1, -0.05) is 30.3 Å². The zero-order chi connectivity index (χ0) is 11.7. The van der Waals surface area contributed by atoms with Crippen LogP contribution in [0.2, 0.25) is 0 Å². The van der Waals surface area contributed by atoms with E-state index in [4.69, 9.17) is 9.47 Å². The fraction of sp³-hybridized carbons (Fsp3) is 0.571. The van der Waals surface area contributed by atoms with E-state index in [1.165, 1.54) is 12.8 Å². The third-order valence-corrected chi connectivity index (χ3v) is 3.80. The summed E-state index contributed by atoms with van der Waals surface area (Å²) in [6.45, 7) is 0.0464. The van der Waals surface area contributed by atoms with Crippen LogP contribution in [0, 0.1) is 0 Å². The quantitative estimate of drug-likeness (QED) is 0.796. The molecule has 1 aromatic carbocycles. The zero-order valence-corrected chi connectivity index (χ0v) is 9.88. The van der Waals surface area contributed by atoms with Crippen LogP contribution in [0.5, 0.6) is 0 Å². The number of aliphatic hydroxyl groups is 3. The summed E-state index contributed by atoms with van der Waals surface area (Å²) < 4.78 is 10.9. The van der Waals surface area contributed by atoms with E-state index in [-0.39, 0.29) is 24.6 Å². The SMILES string of the molecule is OC[C@H]1OC2(CCCC2)[OH+][C@@H]1c1ccccc1. The van der Waals surface area contributed by atoms with E-state index >= 15 is 0 Å². The molecule has 3 rings (SSSR count). The van der Waals surface area contributed by atoms with Crippen molar-refractivity contribution in [1.29, 1.82) is 0 Å². The van der Waals surface area contributed by atoms with Gasteiger partial charge in [0.25, 0.3) is 5.79 Å². The molecular weight excluding hydrogens is 216 g/mol. The number of hydrogen-bond acceptors (Lipinski definition) is 2. The molecule has 0 aromatic heterocycles. The smallest absolute Gasteiger partial charge is 0.275 e. The summed E-state index contributed by atoms with van der Waals surface area (Å²) in [7, 11) is 0. The van der Waals surface area contributed by atoms with Gasteiger partial charge in [0.15, 0.2) is 6.10 Å². The van der Waals surface area contributed by atoms with Gasteiger partial charge in [-0.2, -0.15) is 0 Å². The molecule has 1 aliphatic heterocycles. The summed E-state index contributed by atoms with van der Waals surface area (Å²) in [5.41, 5.74) is 1.15. The first-order chi connectivity index (χ1) is 8.33. The first kappa shape index (κ1) is 11.2. The molecule has 0 bridgehead atoms. The molecule has 0 unspecified atom stereocenters. The molecule has 0 radical (unpaired) electrons. The summed E-state index contributed by atoms with van der Waals surface area (Å²) >= 11 is 0. The first-order valence-electron chi connectivity index (χ1n) is 6.39. The highest BCUT2D eigenvalue weighted by molar-refractivity contribution is 5.19. The van der Waals surface area contributed by atoms with Gasteiger partial charge in [0.05, 0.1) is 19.4 Å². The fourth-order valence-electron chi connectivity index (χ4n) is 2.96. The van der Waals surface area contributed by atoms with Crippen LogP contribution >= 0.6 is 0 Å². The predicted molar refractivity (Wildman–Crippen MR) is 64.6 cm³/mol. The van der Waals surface area contributed by atoms with E-state index in [0.717, 1.165) is 18.4 Å². The number of ether oxygens (including phenoxy) is 2. The molecule has 3 nitrogen and oxygen atoms in total. The lowest BCUT2D eigenvalue weighted by Gasteiger charge is -2.17. The Balaban J connectivity index is 1.84. The Bertz CT molecular complexity index is 370. The molecule has 17 heavy (non-hydrogen) atoms. The molecule has 2 atom stereocenters. The van der Waals surface area contributed by atoms with Gasteiger partial charge in [-0.3, -0.25) is 4.74 Å². The summed E-state index contributed by atoms with van der Waals surface area (Å²) in [6, 6.07) is 10.2. The average Bonchev–Trinajstić information content (AvgIpc) is 2.98. The van der Waals surface area contributed by atoms with Gasteiger partial charge in [0, 0.05) is 5.56 Å². The summed E-state index contributed by atoms with van der Waals surface area (Å²) in [4.78, 5) is 0. The molecule has 1 saturated heterocycles. The average molecular weight is 235 g/mol. The van der Waals surface area contributed by atoms with Crippen LogP contribution in [-0.4, -0.2) is 28.3 Å². The molecule has 1 heterocycles. The van der Waals surface area contributed by atoms with Gasteiger partial charge < -0.3 is 9.84 Å². The molecule has 2 N–H and O–H groups in total. The Hall–Kier alpha value is -0.900. The third-order valence-electron chi connectivity index (χ3n) is 3.80. The third kappa shape index (κ3) is 1.99. The minimum Gasteiger partial charge on any atom is -0.400 e. The van der Waals surface area contributed by atoms with Crippen molar-refractivity contribution in [2.45, 2.75) is 43.7 Å². The highest BCUT2D eigenvalue weighted by Gasteiger charge is 2.54. The molecule has 1 spiro atoms. The predicted octanol–water partition coefficient (Wildman–Crippen LogP) is 1.92. The van der Waals surface area contributed by atoms with Crippen molar-refractivity contribution in [2.24, 2.45) is 0 Å². The molecular formula is C14H19O3+. The number of benzene rings is 1. The van der Waals surface area contributed by atoms with Crippen molar-refractivity contribution in [3.63, 3.8) is 0 Å². The molecule has 1 aromatic rings. The van der Waals surface area contributed by atoms with Crippen LogP contribution < -0.4 is 0 Å². The van der Waals surface area contributed by atoms with E-state index in [1.54, 1.807) is 0 Å². The Morgan fingerprint density at radius 2 is 1.94 bits per heavy atom. The second-order valence-electron chi connectivity index (χ2n) is 4.98. The van der Waals surface area contributed by atoms with Crippen molar-refractivity contribution in [3.05, 3.63) is 35.9 Å². The largest absolute Gasteiger partial charge is 0.400 e. The van der Waals surface area contributed by atoms with Crippen LogP contribution in [0.25, 0.3) is 0 Å². The van der Waals surface area contributed by atoms with Crippen molar-refractivity contribution in [1.82, 2.24) is 0 Å². The normalized spacial score (nSPS) is 31.1. The monoisotopic (exact) mass is 235 g/mol. The van der Waals surface area contributed by atoms with Crippen LogP contribution in [0.3, 0.4) is 0 Å². The number of rotatable bonds is 2. The molecule has 2 fully saturated rings. The summed E-state index contributed by atoms with van der Waals surface area (Å²) in [6.07, 6.45) is 4.21. The molecule has 1 aliphatic carbocycles.